The van der Waals surface area contributed by atoms with E-state index in [0.717, 1.165) is 0 Å². The van der Waals surface area contributed by atoms with Crippen LogP contribution in [0.3, 0.4) is 0 Å². The Morgan fingerprint density at radius 2 is 1.28 bits per heavy atom. The van der Waals surface area contributed by atoms with Gasteiger partial charge in [0.25, 0.3) is 0 Å². The maximum Gasteiger partial charge on any atom is 0.169 e. The molecule has 4 aromatic carbocycles. The lowest BCUT2D eigenvalue weighted by Gasteiger charge is -2.12. The van der Waals surface area contributed by atoms with Gasteiger partial charge in [-0.05, 0) is 43.4 Å². The van der Waals surface area contributed by atoms with Gasteiger partial charge in [-0.3, -0.25) is 0 Å². The normalized spacial score (nSPS) is 12.0. The van der Waals surface area contributed by atoms with Gasteiger partial charge in [0.1, 0.15) is 7.05 Å². The van der Waals surface area contributed by atoms with Crippen molar-refractivity contribution in [2.45, 2.75) is 0 Å². The van der Waals surface area contributed by atoms with E-state index in [-0.39, 0.29) is 0 Å². The molecule has 0 amide bonds. The average molecular weight is 320 g/mol. The van der Waals surface area contributed by atoms with Gasteiger partial charge in [-0.25, -0.2) is 4.57 Å². The summed E-state index contributed by atoms with van der Waals surface area (Å²) in [6.45, 7) is 0. The van der Waals surface area contributed by atoms with Gasteiger partial charge >= 0.3 is 0 Å². The van der Waals surface area contributed by atoms with Crippen LogP contribution in [0.1, 0.15) is 11.1 Å². The summed E-state index contributed by atoms with van der Waals surface area (Å²) in [7, 11) is 2.04. The Bertz CT molecular complexity index is 1210. The van der Waals surface area contributed by atoms with Crippen LogP contribution in [0.4, 0.5) is 0 Å². The molecule has 0 fully saturated rings. The minimum absolute atomic E-state index is 1.21. The third-order valence-electron chi connectivity index (χ3n) is 5.02. The fourth-order valence-electron chi connectivity index (χ4n) is 3.71. The molecule has 5 rings (SSSR count). The van der Waals surface area contributed by atoms with Gasteiger partial charge in [0.05, 0.1) is 0 Å². The lowest BCUT2D eigenvalue weighted by Crippen LogP contribution is -2.25. The molecule has 1 heterocycles. The molecule has 0 spiro atoms. The third-order valence-corrected chi connectivity index (χ3v) is 5.02. The Kier molecular flexibility index (Phi) is 3.07. The van der Waals surface area contributed by atoms with E-state index in [1.807, 2.05) is 11.6 Å². The number of rotatable bonds is 2. The summed E-state index contributed by atoms with van der Waals surface area (Å²) in [4.78, 5) is 0. The Hall–Kier alpha value is -3.19. The molecule has 1 aromatic heterocycles. The lowest BCUT2D eigenvalue weighted by molar-refractivity contribution is -0.671. The van der Waals surface area contributed by atoms with E-state index < -0.39 is 0 Å². The summed E-state index contributed by atoms with van der Waals surface area (Å²) in [5, 5.41) is 8.00. The van der Waals surface area contributed by atoms with Crippen molar-refractivity contribution in [2.75, 3.05) is 0 Å². The van der Waals surface area contributed by atoms with Crippen LogP contribution in [-0.2, 0) is 7.05 Å². The van der Waals surface area contributed by atoms with Gasteiger partial charge < -0.3 is 0 Å². The highest BCUT2D eigenvalue weighted by Crippen LogP contribution is 2.36. The zero-order valence-corrected chi connectivity index (χ0v) is 14.1. The van der Waals surface area contributed by atoms with Crippen LogP contribution in [0.5, 0.6) is 0 Å². The summed E-state index contributed by atoms with van der Waals surface area (Å²) in [5.41, 5.74) is 2.47. The van der Waals surface area contributed by atoms with E-state index in [1.54, 1.807) is 0 Å². The molecule has 0 bridgehead atoms. The number of aryl methyl sites for hydroxylation is 1. The molecule has 25 heavy (non-hydrogen) atoms. The molecule has 0 aliphatic rings. The molecule has 0 N–H and O–H groups in total. The molecule has 1 nitrogen and oxygen atoms in total. The first-order valence-corrected chi connectivity index (χ1v) is 8.59. The van der Waals surface area contributed by atoms with Crippen LogP contribution in [0.15, 0.2) is 79.1 Å². The van der Waals surface area contributed by atoms with E-state index in [4.69, 9.17) is 0 Å². The number of pyridine rings is 1. The van der Waals surface area contributed by atoms with Gasteiger partial charge in [-0.1, -0.05) is 66.7 Å². The van der Waals surface area contributed by atoms with Gasteiger partial charge in [-0.15, -0.1) is 0 Å². The van der Waals surface area contributed by atoms with Gasteiger partial charge in [0.2, 0.25) is 0 Å². The van der Waals surface area contributed by atoms with Crippen LogP contribution in [-0.4, -0.2) is 0 Å². The molecule has 0 aliphatic carbocycles. The molecule has 0 atom stereocenters. The third kappa shape index (κ3) is 2.28. The first-order chi connectivity index (χ1) is 12.3. The summed E-state index contributed by atoms with van der Waals surface area (Å²) in [6.07, 6.45) is 8.56. The van der Waals surface area contributed by atoms with E-state index in [9.17, 15) is 0 Å². The molecular formula is C24H18N+. The molecule has 0 aliphatic heterocycles. The standard InChI is InChI=1S/C24H18N/c1-25-15-13-17(14-16-25)5-6-18-7-8-21-10-9-19-3-2-4-20-11-12-22(18)24(21)23(19)20/h2-16H,1H3/q+1/b6-5+. The predicted octanol–water partition coefficient (Wildman–Crippen LogP) is 5.58. The number of aromatic nitrogens is 1. The van der Waals surface area contributed by atoms with Gasteiger partial charge in [0.15, 0.2) is 12.4 Å². The zero-order valence-electron chi connectivity index (χ0n) is 14.1. The Morgan fingerprint density at radius 1 is 0.640 bits per heavy atom. The second-order valence-corrected chi connectivity index (χ2v) is 6.64. The van der Waals surface area contributed by atoms with Crippen molar-refractivity contribution in [3.05, 3.63) is 90.3 Å². The predicted molar refractivity (Wildman–Crippen MR) is 107 cm³/mol. The van der Waals surface area contributed by atoms with Crippen LogP contribution in [0, 0.1) is 0 Å². The Labute approximate surface area is 146 Å². The fourth-order valence-corrected chi connectivity index (χ4v) is 3.71. The molecule has 1 heteroatoms. The quantitative estimate of drug-likeness (QED) is 0.295. The number of hydrogen-bond acceptors (Lipinski definition) is 0. The van der Waals surface area contributed by atoms with Gasteiger partial charge in [-0.2, -0.15) is 0 Å². The minimum atomic E-state index is 1.21. The van der Waals surface area contributed by atoms with Gasteiger partial charge in [0, 0.05) is 12.1 Å². The Balaban J connectivity index is 1.74. The first kappa shape index (κ1) is 14.2. The van der Waals surface area contributed by atoms with Crippen molar-refractivity contribution < 1.29 is 4.57 Å². The molecule has 5 aromatic rings. The van der Waals surface area contributed by atoms with Crippen LogP contribution >= 0.6 is 0 Å². The maximum absolute atomic E-state index is 2.26. The van der Waals surface area contributed by atoms with E-state index in [1.165, 1.54) is 43.4 Å². The van der Waals surface area contributed by atoms with E-state index in [0.29, 0.717) is 0 Å². The topological polar surface area (TPSA) is 3.88 Å². The maximum atomic E-state index is 2.26. The van der Waals surface area contributed by atoms with Crippen LogP contribution in [0.2, 0.25) is 0 Å². The average Bonchev–Trinajstić information content (AvgIpc) is 2.66. The highest BCUT2D eigenvalue weighted by atomic mass is 14.9. The summed E-state index contributed by atoms with van der Waals surface area (Å²) < 4.78 is 2.05. The zero-order chi connectivity index (χ0) is 16.8. The van der Waals surface area contributed by atoms with Crippen molar-refractivity contribution in [2.24, 2.45) is 7.05 Å². The first-order valence-electron chi connectivity index (χ1n) is 8.59. The van der Waals surface area contributed by atoms with Crippen molar-refractivity contribution in [1.82, 2.24) is 0 Å². The summed E-state index contributed by atoms with van der Waals surface area (Å²) in [6, 6.07) is 24.2. The van der Waals surface area contributed by atoms with Crippen molar-refractivity contribution in [3.63, 3.8) is 0 Å². The van der Waals surface area contributed by atoms with Crippen LogP contribution in [0.25, 0.3) is 44.5 Å². The van der Waals surface area contributed by atoms with Crippen molar-refractivity contribution in [3.8, 4) is 0 Å². The second-order valence-electron chi connectivity index (χ2n) is 6.64. The summed E-state index contributed by atoms with van der Waals surface area (Å²) in [5.74, 6) is 0. The van der Waals surface area contributed by atoms with Crippen molar-refractivity contribution >= 4 is 44.5 Å². The molecule has 0 saturated carbocycles. The smallest absolute Gasteiger partial charge is 0.169 e. The fraction of sp³-hybridized carbons (Fsp3) is 0.0417. The molecule has 118 valence electrons. The summed E-state index contributed by atoms with van der Waals surface area (Å²) >= 11 is 0. The number of hydrogen-bond donors (Lipinski definition) is 0. The SMILES string of the molecule is C[n+]1ccc(/C=C/c2ccc3ccc4cccc5ccc2c3c45)cc1. The van der Waals surface area contributed by atoms with Crippen molar-refractivity contribution in [1.29, 1.82) is 0 Å². The van der Waals surface area contributed by atoms with E-state index in [2.05, 4.69) is 91.3 Å². The highest BCUT2D eigenvalue weighted by Gasteiger charge is 2.09. The number of benzene rings is 4. The minimum Gasteiger partial charge on any atom is -0.208 e. The highest BCUT2D eigenvalue weighted by molar-refractivity contribution is 6.24. The molecule has 0 saturated heterocycles. The molecular weight excluding hydrogens is 302 g/mol. The molecule has 0 radical (unpaired) electrons. The van der Waals surface area contributed by atoms with Crippen LogP contribution < -0.4 is 4.57 Å². The van der Waals surface area contributed by atoms with E-state index >= 15 is 0 Å². The number of nitrogens with zero attached hydrogens (tertiary/aromatic N) is 1. The Morgan fingerprint density at radius 3 is 2.04 bits per heavy atom. The monoisotopic (exact) mass is 320 g/mol. The molecule has 0 unspecified atom stereocenters. The second kappa shape index (κ2) is 5.42. The largest absolute Gasteiger partial charge is 0.208 e. The lowest BCUT2D eigenvalue weighted by atomic mass is 9.92.